The molecular formula is C27H22FN5O3. The molecule has 4 aromatic heterocycles. The number of aromatic nitrogens is 4. The van der Waals surface area contributed by atoms with Gasteiger partial charge in [0.25, 0.3) is 0 Å². The number of ether oxygens (including phenoxy) is 1. The molecule has 2 unspecified atom stereocenters. The van der Waals surface area contributed by atoms with Gasteiger partial charge in [0.15, 0.2) is 6.17 Å². The fourth-order valence-corrected chi connectivity index (χ4v) is 4.59. The van der Waals surface area contributed by atoms with Crippen LogP contribution in [0.15, 0.2) is 79.4 Å². The fraction of sp³-hybridized carbons (Fsp3) is 0.185. The Kier molecular flexibility index (Phi) is 5.44. The molecule has 36 heavy (non-hydrogen) atoms. The van der Waals surface area contributed by atoms with Gasteiger partial charge >= 0.3 is 6.09 Å². The van der Waals surface area contributed by atoms with Crippen molar-refractivity contribution < 1.29 is 19.0 Å². The summed E-state index contributed by atoms with van der Waals surface area (Å²) in [6, 6.07) is 17.3. The zero-order valence-electron chi connectivity index (χ0n) is 19.2. The van der Waals surface area contributed by atoms with E-state index in [1.807, 2.05) is 65.3 Å². The molecule has 0 bridgehead atoms. The minimum absolute atomic E-state index is 0.202. The first-order valence-corrected chi connectivity index (χ1v) is 11.6. The maximum atomic E-state index is 14.7. The first-order chi connectivity index (χ1) is 17.6. The molecule has 180 valence electrons. The SMILES string of the molecule is O=C(O)N1CCC(Oc2cccc3ccc(-c4cnc5cc(-c6cccnc6)ccn45)nc23)C(F)C1. The van der Waals surface area contributed by atoms with Crippen LogP contribution >= 0.6 is 0 Å². The largest absolute Gasteiger partial charge is 0.485 e. The summed E-state index contributed by atoms with van der Waals surface area (Å²) in [4.78, 5) is 25.9. The molecule has 2 atom stereocenters. The summed E-state index contributed by atoms with van der Waals surface area (Å²) < 4.78 is 22.7. The molecule has 1 saturated heterocycles. The smallest absolute Gasteiger partial charge is 0.407 e. The van der Waals surface area contributed by atoms with Crippen molar-refractivity contribution in [2.45, 2.75) is 18.7 Å². The number of amides is 1. The number of para-hydroxylation sites is 1. The molecule has 1 N–H and O–H groups in total. The lowest BCUT2D eigenvalue weighted by Gasteiger charge is -2.33. The van der Waals surface area contributed by atoms with Crippen LogP contribution in [0.5, 0.6) is 5.75 Å². The molecule has 5 aromatic rings. The van der Waals surface area contributed by atoms with Gasteiger partial charge in [0.2, 0.25) is 0 Å². The van der Waals surface area contributed by atoms with Crippen LogP contribution in [0.1, 0.15) is 6.42 Å². The fourth-order valence-electron chi connectivity index (χ4n) is 4.59. The number of benzene rings is 1. The number of nitrogens with zero attached hydrogens (tertiary/aromatic N) is 5. The first kappa shape index (κ1) is 22.0. The molecule has 1 fully saturated rings. The normalized spacial score (nSPS) is 18.0. The van der Waals surface area contributed by atoms with E-state index in [0.29, 0.717) is 17.0 Å². The van der Waals surface area contributed by atoms with E-state index in [1.54, 1.807) is 18.5 Å². The van der Waals surface area contributed by atoms with Crippen LogP contribution < -0.4 is 4.74 Å². The second-order valence-corrected chi connectivity index (χ2v) is 8.74. The molecule has 0 saturated carbocycles. The van der Waals surface area contributed by atoms with Crippen molar-refractivity contribution in [3.63, 3.8) is 0 Å². The van der Waals surface area contributed by atoms with E-state index >= 15 is 0 Å². The lowest BCUT2D eigenvalue weighted by molar-refractivity contribution is 0.0256. The van der Waals surface area contributed by atoms with Crippen LogP contribution in [0.2, 0.25) is 0 Å². The highest BCUT2D eigenvalue weighted by atomic mass is 19.1. The first-order valence-electron chi connectivity index (χ1n) is 11.6. The maximum absolute atomic E-state index is 14.7. The summed E-state index contributed by atoms with van der Waals surface area (Å²) in [5.74, 6) is 0.471. The second kappa shape index (κ2) is 8.92. The maximum Gasteiger partial charge on any atom is 0.407 e. The van der Waals surface area contributed by atoms with Crippen LogP contribution in [0.25, 0.3) is 39.1 Å². The molecule has 6 rings (SSSR count). The molecule has 0 spiro atoms. The van der Waals surface area contributed by atoms with Crippen LogP contribution in [0.4, 0.5) is 9.18 Å². The van der Waals surface area contributed by atoms with Gasteiger partial charge in [-0.25, -0.2) is 19.2 Å². The van der Waals surface area contributed by atoms with Crippen LogP contribution in [0, 0.1) is 0 Å². The zero-order chi connectivity index (χ0) is 24.6. The van der Waals surface area contributed by atoms with Crippen molar-refractivity contribution in [3.05, 3.63) is 79.4 Å². The number of hydrogen-bond donors (Lipinski definition) is 1. The van der Waals surface area contributed by atoms with Crippen LogP contribution in [0.3, 0.4) is 0 Å². The number of fused-ring (bicyclic) bond motifs is 2. The van der Waals surface area contributed by atoms with E-state index < -0.39 is 18.4 Å². The molecular weight excluding hydrogens is 461 g/mol. The Morgan fingerprint density at radius 3 is 2.81 bits per heavy atom. The van der Waals surface area contributed by atoms with Gasteiger partial charge in [-0.1, -0.05) is 24.3 Å². The van der Waals surface area contributed by atoms with Crippen LogP contribution in [-0.4, -0.2) is 60.8 Å². The van der Waals surface area contributed by atoms with Crippen molar-refractivity contribution >= 4 is 22.6 Å². The minimum atomic E-state index is -1.42. The number of likely N-dealkylation sites (tertiary alicyclic amines) is 1. The van der Waals surface area contributed by atoms with Crippen LogP contribution in [-0.2, 0) is 0 Å². The van der Waals surface area contributed by atoms with Gasteiger partial charge in [-0.2, -0.15) is 0 Å². The molecule has 9 heteroatoms. The molecule has 1 aliphatic rings. The second-order valence-electron chi connectivity index (χ2n) is 8.74. The summed E-state index contributed by atoms with van der Waals surface area (Å²) in [7, 11) is 0. The molecule has 1 amide bonds. The predicted molar refractivity (Wildman–Crippen MR) is 133 cm³/mol. The molecule has 0 radical (unpaired) electrons. The number of carboxylic acid groups (broad SMARTS) is 1. The van der Waals surface area contributed by atoms with Gasteiger partial charge in [-0.05, 0) is 35.9 Å². The summed E-state index contributed by atoms with van der Waals surface area (Å²) in [5, 5.41) is 10.0. The zero-order valence-corrected chi connectivity index (χ0v) is 19.2. The van der Waals surface area contributed by atoms with E-state index in [4.69, 9.17) is 14.8 Å². The third-order valence-electron chi connectivity index (χ3n) is 6.48. The van der Waals surface area contributed by atoms with Crippen molar-refractivity contribution in [2.24, 2.45) is 0 Å². The standard InChI is InChI=1S/C27H22FN5O3/c28-20-16-32(27(34)35)11-9-23(20)36-24-5-1-3-17-6-7-21(31-26(17)24)22-15-30-25-13-18(8-12-33(22)25)19-4-2-10-29-14-19/h1-8,10,12-15,20,23H,9,11,16H2,(H,34,35). The van der Waals surface area contributed by atoms with Gasteiger partial charge in [0, 0.05) is 42.5 Å². The topological polar surface area (TPSA) is 92.8 Å². The highest BCUT2D eigenvalue weighted by Crippen LogP contribution is 2.31. The number of rotatable bonds is 4. The van der Waals surface area contributed by atoms with E-state index in [1.165, 1.54) is 0 Å². The molecule has 5 heterocycles. The number of imidazole rings is 1. The highest BCUT2D eigenvalue weighted by Gasteiger charge is 2.33. The van der Waals surface area contributed by atoms with E-state index in [9.17, 15) is 9.18 Å². The van der Waals surface area contributed by atoms with E-state index in [0.717, 1.165) is 32.8 Å². The molecule has 1 aromatic carbocycles. The monoisotopic (exact) mass is 483 g/mol. The Morgan fingerprint density at radius 2 is 2.00 bits per heavy atom. The number of carbonyl (C=O) groups is 1. The van der Waals surface area contributed by atoms with Gasteiger partial charge in [0.05, 0.1) is 24.1 Å². The summed E-state index contributed by atoms with van der Waals surface area (Å²) in [6.07, 6.45) is 4.29. The molecule has 1 aliphatic heterocycles. The van der Waals surface area contributed by atoms with Gasteiger partial charge in [0.1, 0.15) is 23.0 Å². The van der Waals surface area contributed by atoms with Gasteiger partial charge in [-0.3, -0.25) is 9.38 Å². The highest BCUT2D eigenvalue weighted by molar-refractivity contribution is 5.86. The average molecular weight is 484 g/mol. The third-order valence-corrected chi connectivity index (χ3v) is 6.48. The third kappa shape index (κ3) is 3.98. The Labute approximate surface area is 205 Å². The number of piperidine rings is 1. The summed E-state index contributed by atoms with van der Waals surface area (Å²) in [6.45, 7) is 0.0268. The van der Waals surface area contributed by atoms with Crippen molar-refractivity contribution in [1.82, 2.24) is 24.3 Å². The predicted octanol–water partition coefficient (Wildman–Crippen LogP) is 5.08. The summed E-state index contributed by atoms with van der Waals surface area (Å²) in [5.41, 5.74) is 4.95. The van der Waals surface area contributed by atoms with Gasteiger partial charge < -0.3 is 14.7 Å². The van der Waals surface area contributed by atoms with Crippen molar-refractivity contribution in [2.75, 3.05) is 13.1 Å². The van der Waals surface area contributed by atoms with E-state index in [2.05, 4.69) is 9.97 Å². The molecule has 0 aliphatic carbocycles. The van der Waals surface area contributed by atoms with E-state index in [-0.39, 0.29) is 19.5 Å². The number of pyridine rings is 3. The average Bonchev–Trinajstić information content (AvgIpc) is 3.33. The molecule has 8 nitrogen and oxygen atoms in total. The Hall–Kier alpha value is -4.53. The van der Waals surface area contributed by atoms with Crippen molar-refractivity contribution in [1.29, 1.82) is 0 Å². The van der Waals surface area contributed by atoms with Gasteiger partial charge in [-0.15, -0.1) is 0 Å². The minimum Gasteiger partial charge on any atom is -0.485 e. The lowest BCUT2D eigenvalue weighted by Crippen LogP contribution is -2.48. The Bertz CT molecular complexity index is 1570. The number of hydrogen-bond acceptors (Lipinski definition) is 5. The van der Waals surface area contributed by atoms with Crippen molar-refractivity contribution in [3.8, 4) is 28.3 Å². The summed E-state index contributed by atoms with van der Waals surface area (Å²) >= 11 is 0. The number of alkyl halides is 1. The quantitative estimate of drug-likeness (QED) is 0.383. The lowest BCUT2D eigenvalue weighted by atomic mass is 10.1. The number of halogens is 1. The Morgan fingerprint density at radius 1 is 1.08 bits per heavy atom. The Balaban J connectivity index is 1.33.